The Morgan fingerprint density at radius 3 is 1.91 bits per heavy atom. The van der Waals surface area contributed by atoms with Crippen molar-refractivity contribution in [3.8, 4) is 0 Å². The Hall–Kier alpha value is -3.98. The fourth-order valence-electron chi connectivity index (χ4n) is 5.85. The van der Waals surface area contributed by atoms with Gasteiger partial charge in [0, 0.05) is 34.1 Å². The van der Waals surface area contributed by atoms with Crippen molar-refractivity contribution in [3.05, 3.63) is 121 Å². The van der Waals surface area contributed by atoms with Crippen LogP contribution in [-0.2, 0) is 0 Å². The number of para-hydroxylation sites is 3. The highest BCUT2D eigenvalue weighted by atomic mass is 15.2. The van der Waals surface area contributed by atoms with Gasteiger partial charge in [0.25, 0.3) is 6.71 Å². The zero-order valence-corrected chi connectivity index (χ0v) is 19.2. The highest BCUT2D eigenvalue weighted by molar-refractivity contribution is 7.00. The van der Waals surface area contributed by atoms with Gasteiger partial charge in [-0.05, 0) is 71.2 Å². The average molecular weight is 436 g/mol. The van der Waals surface area contributed by atoms with Crippen LogP contribution in [0, 0.1) is 5.92 Å². The van der Waals surface area contributed by atoms with Gasteiger partial charge in [0.2, 0.25) is 0 Å². The van der Waals surface area contributed by atoms with E-state index in [9.17, 15) is 0 Å². The van der Waals surface area contributed by atoms with E-state index in [-0.39, 0.29) is 6.71 Å². The van der Waals surface area contributed by atoms with Crippen LogP contribution >= 0.6 is 0 Å². The molecule has 3 aliphatic rings. The molecule has 0 saturated carbocycles. The predicted molar refractivity (Wildman–Crippen MR) is 145 cm³/mol. The number of fused-ring (bicyclic) bond motifs is 4. The third-order valence-electron chi connectivity index (χ3n) is 7.37. The van der Waals surface area contributed by atoms with Crippen LogP contribution in [0.25, 0.3) is 0 Å². The van der Waals surface area contributed by atoms with Crippen LogP contribution < -0.4 is 26.2 Å². The van der Waals surface area contributed by atoms with E-state index in [0.29, 0.717) is 5.92 Å². The first-order valence-corrected chi connectivity index (χ1v) is 12.2. The molecule has 1 atom stereocenters. The number of nitrogens with zero attached hydrogens (tertiary/aromatic N) is 2. The van der Waals surface area contributed by atoms with Crippen LogP contribution in [0.1, 0.15) is 13.3 Å². The van der Waals surface area contributed by atoms with Crippen LogP contribution in [0.15, 0.2) is 121 Å². The largest absolute Gasteiger partial charge is 0.312 e. The van der Waals surface area contributed by atoms with E-state index in [1.165, 1.54) is 50.5 Å². The van der Waals surface area contributed by atoms with Crippen molar-refractivity contribution in [3.63, 3.8) is 0 Å². The molecule has 34 heavy (non-hydrogen) atoms. The molecular formula is C31H25BN2. The summed E-state index contributed by atoms with van der Waals surface area (Å²) in [4.78, 5) is 4.91. The first kappa shape index (κ1) is 19.5. The molecular weight excluding hydrogens is 411 g/mol. The summed E-state index contributed by atoms with van der Waals surface area (Å²) in [5.74, 6) is 0.585. The Labute approximate surface area is 201 Å². The van der Waals surface area contributed by atoms with E-state index in [0.717, 1.165) is 6.42 Å². The molecule has 1 aliphatic carbocycles. The number of allylic oxidation sites excluding steroid dienone is 3. The molecule has 0 bridgehead atoms. The van der Waals surface area contributed by atoms with Crippen molar-refractivity contribution in [1.29, 1.82) is 0 Å². The normalized spacial score (nSPS) is 17.6. The molecule has 3 heteroatoms. The maximum atomic E-state index is 2.48. The van der Waals surface area contributed by atoms with Crippen molar-refractivity contribution in [2.45, 2.75) is 13.3 Å². The monoisotopic (exact) mass is 436 g/mol. The summed E-state index contributed by atoms with van der Waals surface area (Å²) in [7, 11) is 0. The summed E-state index contributed by atoms with van der Waals surface area (Å²) in [5.41, 5.74) is 11.7. The summed E-state index contributed by atoms with van der Waals surface area (Å²) in [6, 6.07) is 35.4. The zero-order valence-electron chi connectivity index (χ0n) is 19.2. The summed E-state index contributed by atoms with van der Waals surface area (Å²) in [6.07, 6.45) is 8.11. The standard InChI is InChI=1S/C31H25BN2/c1-22-18-20-24(21-19-22)34-28-15-8-6-13-26(28)32-25-12-5-7-14-27(25)33(23-10-3-2-4-11-23)29-16-9-17-30(34)31(29)32/h2-18,20-22H,19H2,1H3. The molecule has 162 valence electrons. The van der Waals surface area contributed by atoms with E-state index in [1.54, 1.807) is 0 Å². The molecule has 0 amide bonds. The highest BCUT2D eigenvalue weighted by Gasteiger charge is 2.42. The van der Waals surface area contributed by atoms with E-state index < -0.39 is 0 Å². The molecule has 0 fully saturated rings. The Bertz CT molecular complexity index is 1470. The van der Waals surface area contributed by atoms with Crippen molar-refractivity contribution < 1.29 is 0 Å². The van der Waals surface area contributed by atoms with Gasteiger partial charge in [0.1, 0.15) is 0 Å². The number of anilines is 5. The van der Waals surface area contributed by atoms with Gasteiger partial charge >= 0.3 is 0 Å². The third-order valence-corrected chi connectivity index (χ3v) is 7.37. The van der Waals surface area contributed by atoms with Crippen LogP contribution in [0.4, 0.5) is 28.4 Å². The first-order valence-electron chi connectivity index (χ1n) is 12.2. The number of hydrogen-bond acceptors (Lipinski definition) is 2. The minimum absolute atomic E-state index is 0.210. The number of benzene rings is 4. The number of hydrogen-bond donors (Lipinski definition) is 0. The fourth-order valence-corrected chi connectivity index (χ4v) is 5.85. The average Bonchev–Trinajstić information content (AvgIpc) is 2.90. The van der Waals surface area contributed by atoms with Crippen LogP contribution in [0.2, 0.25) is 0 Å². The highest BCUT2D eigenvalue weighted by Crippen LogP contribution is 2.42. The zero-order chi connectivity index (χ0) is 22.6. The molecule has 0 spiro atoms. The minimum atomic E-state index is 0.210. The van der Waals surface area contributed by atoms with Gasteiger partial charge in [-0.15, -0.1) is 0 Å². The Morgan fingerprint density at radius 1 is 0.647 bits per heavy atom. The number of rotatable bonds is 2. The van der Waals surface area contributed by atoms with Gasteiger partial charge in [-0.25, -0.2) is 0 Å². The van der Waals surface area contributed by atoms with Gasteiger partial charge in [0.15, 0.2) is 0 Å². The fraction of sp³-hybridized carbons (Fsp3) is 0.0968. The second-order valence-corrected chi connectivity index (χ2v) is 9.47. The molecule has 4 aromatic rings. The van der Waals surface area contributed by atoms with Gasteiger partial charge in [-0.2, -0.15) is 0 Å². The van der Waals surface area contributed by atoms with Crippen molar-refractivity contribution in [2.24, 2.45) is 5.92 Å². The lowest BCUT2D eigenvalue weighted by Crippen LogP contribution is -2.61. The predicted octanol–water partition coefficient (Wildman–Crippen LogP) is 5.92. The van der Waals surface area contributed by atoms with Gasteiger partial charge in [-0.3, -0.25) is 0 Å². The summed E-state index contributed by atoms with van der Waals surface area (Å²) in [5, 5.41) is 0. The molecule has 0 aromatic heterocycles. The lowest BCUT2D eigenvalue weighted by molar-refractivity contribution is 0.728. The van der Waals surface area contributed by atoms with Crippen molar-refractivity contribution in [2.75, 3.05) is 9.80 Å². The SMILES string of the molecule is CC1C=CC(N2c3ccccc3B3c4ccccc4N(c4ccccc4)c4cccc2c43)=CC1. The van der Waals surface area contributed by atoms with Gasteiger partial charge in [-0.1, -0.05) is 79.7 Å². The first-order chi connectivity index (χ1) is 16.8. The van der Waals surface area contributed by atoms with E-state index in [1.807, 2.05) is 0 Å². The Balaban J connectivity index is 1.54. The molecule has 0 radical (unpaired) electrons. The molecule has 7 rings (SSSR count). The van der Waals surface area contributed by atoms with E-state index in [4.69, 9.17) is 0 Å². The lowest BCUT2D eigenvalue weighted by Gasteiger charge is -2.44. The third kappa shape index (κ3) is 2.77. The van der Waals surface area contributed by atoms with Crippen molar-refractivity contribution in [1.82, 2.24) is 0 Å². The maximum Gasteiger partial charge on any atom is 0.252 e. The summed E-state index contributed by atoms with van der Waals surface area (Å²) in [6.45, 7) is 2.49. The van der Waals surface area contributed by atoms with Gasteiger partial charge in [0.05, 0.1) is 0 Å². The molecule has 1 unspecified atom stereocenters. The molecule has 2 aliphatic heterocycles. The van der Waals surface area contributed by atoms with E-state index in [2.05, 4.69) is 132 Å². The van der Waals surface area contributed by atoms with Crippen molar-refractivity contribution >= 4 is 51.5 Å². The second-order valence-electron chi connectivity index (χ2n) is 9.47. The molecule has 4 aromatic carbocycles. The Kier molecular flexibility index (Phi) is 4.32. The lowest BCUT2D eigenvalue weighted by atomic mass is 9.33. The Morgan fingerprint density at radius 2 is 1.24 bits per heavy atom. The maximum absolute atomic E-state index is 2.48. The topological polar surface area (TPSA) is 6.48 Å². The second kappa shape index (κ2) is 7.53. The van der Waals surface area contributed by atoms with Crippen LogP contribution in [-0.4, -0.2) is 6.71 Å². The van der Waals surface area contributed by atoms with Gasteiger partial charge < -0.3 is 9.80 Å². The molecule has 0 N–H and O–H groups in total. The minimum Gasteiger partial charge on any atom is -0.312 e. The molecule has 0 saturated heterocycles. The van der Waals surface area contributed by atoms with Crippen LogP contribution in [0.3, 0.4) is 0 Å². The smallest absolute Gasteiger partial charge is 0.252 e. The van der Waals surface area contributed by atoms with Crippen LogP contribution in [0.5, 0.6) is 0 Å². The van der Waals surface area contributed by atoms with E-state index >= 15 is 0 Å². The molecule has 2 nitrogen and oxygen atoms in total. The quantitative estimate of drug-likeness (QED) is 0.317. The summed E-state index contributed by atoms with van der Waals surface area (Å²) < 4.78 is 0. The molecule has 2 heterocycles. The summed E-state index contributed by atoms with van der Waals surface area (Å²) >= 11 is 0.